The number of carbonyl (C=O) groups is 2. The molecular formula is C12H19N3O3. The molecule has 1 rings (SSSR count). The molecule has 6 nitrogen and oxygen atoms in total. The van der Waals surface area contributed by atoms with Gasteiger partial charge in [-0.3, -0.25) is 9.59 Å². The van der Waals surface area contributed by atoms with E-state index in [1.54, 1.807) is 7.05 Å². The summed E-state index contributed by atoms with van der Waals surface area (Å²) in [4.78, 5) is 22.9. The highest BCUT2D eigenvalue weighted by atomic mass is 16.5. The second-order valence-corrected chi connectivity index (χ2v) is 4.23. The van der Waals surface area contributed by atoms with Gasteiger partial charge in [-0.1, -0.05) is 12.2 Å². The smallest absolute Gasteiger partial charge is 0.267 e. The van der Waals surface area contributed by atoms with E-state index in [1.165, 1.54) is 5.01 Å². The van der Waals surface area contributed by atoms with Gasteiger partial charge in [0.25, 0.3) is 5.91 Å². The molecule has 1 N–H and O–H groups in total. The van der Waals surface area contributed by atoms with Crippen LogP contribution < -0.4 is 5.32 Å². The molecule has 1 aliphatic rings. The average molecular weight is 253 g/mol. The van der Waals surface area contributed by atoms with Gasteiger partial charge in [0, 0.05) is 26.4 Å². The van der Waals surface area contributed by atoms with Crippen molar-refractivity contribution in [2.45, 2.75) is 19.8 Å². The van der Waals surface area contributed by atoms with Crippen LogP contribution in [-0.2, 0) is 14.3 Å². The van der Waals surface area contributed by atoms with Crippen molar-refractivity contribution in [1.29, 1.82) is 0 Å². The third-order valence-electron chi connectivity index (χ3n) is 2.35. The van der Waals surface area contributed by atoms with Crippen molar-refractivity contribution in [3.63, 3.8) is 0 Å². The molecule has 0 atom stereocenters. The fourth-order valence-electron chi connectivity index (χ4n) is 1.42. The Labute approximate surface area is 107 Å². The van der Waals surface area contributed by atoms with Gasteiger partial charge in [0.15, 0.2) is 0 Å². The third kappa shape index (κ3) is 4.67. The van der Waals surface area contributed by atoms with Crippen LogP contribution in [0.25, 0.3) is 0 Å². The Hall–Kier alpha value is -1.69. The van der Waals surface area contributed by atoms with E-state index in [1.807, 2.05) is 6.92 Å². The van der Waals surface area contributed by atoms with Crippen LogP contribution in [0.15, 0.2) is 17.3 Å². The Kier molecular flexibility index (Phi) is 5.51. The van der Waals surface area contributed by atoms with Gasteiger partial charge >= 0.3 is 0 Å². The molecule has 0 unspecified atom stereocenters. The summed E-state index contributed by atoms with van der Waals surface area (Å²) in [6.07, 6.45) is 0.719. The summed E-state index contributed by atoms with van der Waals surface area (Å²) in [5, 5.41) is 7.83. The van der Waals surface area contributed by atoms with Crippen molar-refractivity contribution in [3.8, 4) is 0 Å². The average Bonchev–Trinajstić information content (AvgIpc) is 2.31. The summed E-state index contributed by atoms with van der Waals surface area (Å²) in [5.74, 6) is -0.315. The molecule has 0 aromatic heterocycles. The molecule has 0 saturated carbocycles. The van der Waals surface area contributed by atoms with Crippen molar-refractivity contribution in [2.24, 2.45) is 5.10 Å². The van der Waals surface area contributed by atoms with Gasteiger partial charge in [-0.15, -0.1) is 0 Å². The number of carbonyl (C=O) groups excluding carboxylic acids is 2. The molecule has 1 heterocycles. The number of nitrogens with zero attached hydrogens (tertiary/aromatic N) is 2. The molecule has 0 aromatic carbocycles. The number of hydrazone groups is 1. The second-order valence-electron chi connectivity index (χ2n) is 4.23. The predicted octanol–water partition coefficient (Wildman–Crippen LogP) is 0.303. The Morgan fingerprint density at radius 1 is 1.56 bits per heavy atom. The zero-order valence-electron chi connectivity index (χ0n) is 10.9. The van der Waals surface area contributed by atoms with E-state index in [4.69, 9.17) is 4.74 Å². The monoisotopic (exact) mass is 253 g/mol. The summed E-state index contributed by atoms with van der Waals surface area (Å²) in [6, 6.07) is 0. The highest BCUT2D eigenvalue weighted by molar-refractivity contribution is 6.39. The zero-order chi connectivity index (χ0) is 13.5. The molecule has 0 spiro atoms. The van der Waals surface area contributed by atoms with Crippen molar-refractivity contribution in [2.75, 3.05) is 26.8 Å². The van der Waals surface area contributed by atoms with Gasteiger partial charge in [0.2, 0.25) is 5.91 Å². The normalized spacial score (nSPS) is 15.3. The van der Waals surface area contributed by atoms with E-state index in [0.29, 0.717) is 38.3 Å². The van der Waals surface area contributed by atoms with Gasteiger partial charge in [0.05, 0.1) is 13.2 Å². The maximum Gasteiger partial charge on any atom is 0.267 e. The molecule has 0 fully saturated rings. The summed E-state index contributed by atoms with van der Waals surface area (Å²) >= 11 is 0. The van der Waals surface area contributed by atoms with Gasteiger partial charge in [-0.2, -0.15) is 5.10 Å². The molecule has 6 heteroatoms. The van der Waals surface area contributed by atoms with E-state index in [2.05, 4.69) is 17.0 Å². The zero-order valence-corrected chi connectivity index (χ0v) is 10.9. The molecule has 0 bridgehead atoms. The molecule has 18 heavy (non-hydrogen) atoms. The van der Waals surface area contributed by atoms with Crippen LogP contribution in [0, 0.1) is 0 Å². The lowest BCUT2D eigenvalue weighted by Crippen LogP contribution is -2.38. The first-order chi connectivity index (χ1) is 8.50. The third-order valence-corrected chi connectivity index (χ3v) is 2.35. The summed E-state index contributed by atoms with van der Waals surface area (Å²) in [6.45, 7) is 6.93. The SMILES string of the molecule is C=C(C)COCCNC(=O)C1=NN(C)C(=O)CC1. The summed E-state index contributed by atoms with van der Waals surface area (Å²) < 4.78 is 5.25. The van der Waals surface area contributed by atoms with Crippen molar-refractivity contribution >= 4 is 17.5 Å². The largest absolute Gasteiger partial charge is 0.375 e. The quantitative estimate of drug-likeness (QED) is 0.547. The predicted molar refractivity (Wildman–Crippen MR) is 68.1 cm³/mol. The van der Waals surface area contributed by atoms with Gasteiger partial charge in [0.1, 0.15) is 5.71 Å². The van der Waals surface area contributed by atoms with Gasteiger partial charge < -0.3 is 10.1 Å². The van der Waals surface area contributed by atoms with E-state index in [-0.39, 0.29) is 11.8 Å². The minimum Gasteiger partial charge on any atom is -0.375 e. The maximum absolute atomic E-state index is 11.7. The Balaban J connectivity index is 2.27. The fraction of sp³-hybridized carbons (Fsp3) is 0.583. The molecule has 2 amide bonds. The van der Waals surface area contributed by atoms with Crippen LogP contribution in [-0.4, -0.2) is 49.3 Å². The number of nitrogens with one attached hydrogen (secondary N) is 1. The number of hydrogen-bond acceptors (Lipinski definition) is 4. The van der Waals surface area contributed by atoms with Crippen LogP contribution in [0.5, 0.6) is 0 Å². The number of ether oxygens (including phenoxy) is 1. The molecule has 0 aromatic rings. The highest BCUT2D eigenvalue weighted by Crippen LogP contribution is 2.06. The lowest BCUT2D eigenvalue weighted by Gasteiger charge is -2.18. The Morgan fingerprint density at radius 3 is 2.89 bits per heavy atom. The molecule has 0 aliphatic carbocycles. The van der Waals surface area contributed by atoms with Crippen molar-refractivity contribution in [3.05, 3.63) is 12.2 Å². The molecule has 100 valence electrons. The Bertz CT molecular complexity index is 377. The Morgan fingerprint density at radius 2 is 2.28 bits per heavy atom. The number of rotatable bonds is 6. The fourth-order valence-corrected chi connectivity index (χ4v) is 1.42. The molecule has 0 saturated heterocycles. The van der Waals surface area contributed by atoms with E-state index < -0.39 is 0 Å². The van der Waals surface area contributed by atoms with Gasteiger partial charge in [-0.05, 0) is 6.92 Å². The lowest BCUT2D eigenvalue weighted by atomic mass is 10.1. The van der Waals surface area contributed by atoms with E-state index >= 15 is 0 Å². The van der Waals surface area contributed by atoms with Crippen LogP contribution in [0.4, 0.5) is 0 Å². The van der Waals surface area contributed by atoms with Crippen LogP contribution in [0.3, 0.4) is 0 Å². The summed E-state index contributed by atoms with van der Waals surface area (Å²) in [5.41, 5.74) is 1.33. The second kappa shape index (κ2) is 6.90. The van der Waals surface area contributed by atoms with Crippen LogP contribution in [0.1, 0.15) is 19.8 Å². The van der Waals surface area contributed by atoms with Gasteiger partial charge in [-0.25, -0.2) is 5.01 Å². The lowest BCUT2D eigenvalue weighted by molar-refractivity contribution is -0.130. The minimum absolute atomic E-state index is 0.0728. The van der Waals surface area contributed by atoms with Crippen LogP contribution in [0.2, 0.25) is 0 Å². The maximum atomic E-state index is 11.7. The minimum atomic E-state index is -0.242. The van der Waals surface area contributed by atoms with E-state index in [9.17, 15) is 9.59 Å². The first-order valence-electron chi connectivity index (χ1n) is 5.85. The van der Waals surface area contributed by atoms with Crippen LogP contribution >= 0.6 is 0 Å². The summed E-state index contributed by atoms with van der Waals surface area (Å²) in [7, 11) is 1.55. The molecular weight excluding hydrogens is 234 g/mol. The first kappa shape index (κ1) is 14.4. The van der Waals surface area contributed by atoms with E-state index in [0.717, 1.165) is 5.57 Å². The number of hydrogen-bond donors (Lipinski definition) is 1. The van der Waals surface area contributed by atoms with Crippen molar-refractivity contribution < 1.29 is 14.3 Å². The topological polar surface area (TPSA) is 71.0 Å². The first-order valence-corrected chi connectivity index (χ1v) is 5.85. The molecule has 0 radical (unpaired) electrons. The number of amides is 2. The molecule has 1 aliphatic heterocycles. The highest BCUT2D eigenvalue weighted by Gasteiger charge is 2.21. The van der Waals surface area contributed by atoms with Crippen molar-refractivity contribution in [1.82, 2.24) is 10.3 Å². The standard InChI is InChI=1S/C12H19N3O3/c1-9(2)8-18-7-6-13-12(17)10-4-5-11(16)15(3)14-10/h1,4-8H2,2-3H3,(H,13,17).